The molecule has 278 valence electrons. The molecular formula is C44H79NO3. The Bertz CT molecular complexity index is 812. The molecule has 0 heterocycles. The van der Waals surface area contributed by atoms with Crippen molar-refractivity contribution in [2.75, 3.05) is 6.61 Å². The average Bonchev–Trinajstić information content (AvgIpc) is 3.09. The summed E-state index contributed by atoms with van der Waals surface area (Å²) >= 11 is 0. The zero-order valence-corrected chi connectivity index (χ0v) is 31.7. The van der Waals surface area contributed by atoms with Crippen LogP contribution in [0.1, 0.15) is 194 Å². The minimum absolute atomic E-state index is 0.106. The molecule has 0 aromatic heterocycles. The first-order valence-corrected chi connectivity index (χ1v) is 20.5. The first-order valence-electron chi connectivity index (χ1n) is 20.5. The highest BCUT2D eigenvalue weighted by molar-refractivity contribution is 5.76. The van der Waals surface area contributed by atoms with Gasteiger partial charge in [-0.3, -0.25) is 4.79 Å². The van der Waals surface area contributed by atoms with Gasteiger partial charge >= 0.3 is 0 Å². The quantitative estimate of drug-likeness (QED) is 0.0459. The molecule has 0 radical (unpaired) electrons. The molecule has 48 heavy (non-hydrogen) atoms. The van der Waals surface area contributed by atoms with Crippen molar-refractivity contribution in [2.45, 2.75) is 206 Å². The Kier molecular flexibility index (Phi) is 38.0. The average molecular weight is 670 g/mol. The van der Waals surface area contributed by atoms with E-state index in [0.29, 0.717) is 6.42 Å². The zero-order chi connectivity index (χ0) is 35.0. The summed E-state index contributed by atoms with van der Waals surface area (Å²) in [6.45, 7) is 4.17. The molecule has 0 spiro atoms. The molecule has 0 aromatic carbocycles. The molecule has 0 saturated heterocycles. The predicted octanol–water partition coefficient (Wildman–Crippen LogP) is 12.6. The minimum atomic E-state index is -0.858. The Balaban J connectivity index is 3.65. The van der Waals surface area contributed by atoms with Gasteiger partial charge in [0, 0.05) is 6.42 Å². The fourth-order valence-corrected chi connectivity index (χ4v) is 5.87. The summed E-state index contributed by atoms with van der Waals surface area (Å²) in [4.78, 5) is 12.3. The molecule has 2 unspecified atom stereocenters. The number of allylic oxidation sites excluding steroid dienone is 9. The molecule has 4 heteroatoms. The van der Waals surface area contributed by atoms with Crippen LogP contribution in [0.5, 0.6) is 0 Å². The third kappa shape index (κ3) is 35.4. The SMILES string of the molecule is CC/C=C\C/C=C\C/C=C\C/C=C\CCCCC(=O)NC(CO)C(O)/C=C/CCCCCCCCCCCCCCCCCCCCC. The van der Waals surface area contributed by atoms with Crippen LogP contribution in [0.3, 0.4) is 0 Å². The summed E-state index contributed by atoms with van der Waals surface area (Å²) in [6, 6.07) is -0.645. The lowest BCUT2D eigenvalue weighted by molar-refractivity contribution is -0.123. The van der Waals surface area contributed by atoms with Gasteiger partial charge in [0.15, 0.2) is 0 Å². The number of carbonyl (C=O) groups is 1. The Morgan fingerprint density at radius 3 is 1.38 bits per heavy atom. The van der Waals surface area contributed by atoms with Crippen LogP contribution in [0.4, 0.5) is 0 Å². The number of aliphatic hydroxyl groups is 2. The van der Waals surface area contributed by atoms with Gasteiger partial charge in [-0.05, 0) is 57.8 Å². The smallest absolute Gasteiger partial charge is 0.220 e. The highest BCUT2D eigenvalue weighted by Crippen LogP contribution is 2.15. The summed E-state index contributed by atoms with van der Waals surface area (Å²) in [5, 5.41) is 22.9. The molecule has 0 aliphatic rings. The van der Waals surface area contributed by atoms with Crippen LogP contribution in [0.25, 0.3) is 0 Å². The number of aliphatic hydroxyl groups excluding tert-OH is 2. The highest BCUT2D eigenvalue weighted by atomic mass is 16.3. The second-order valence-electron chi connectivity index (χ2n) is 13.7. The van der Waals surface area contributed by atoms with Gasteiger partial charge < -0.3 is 15.5 Å². The Morgan fingerprint density at radius 2 is 0.917 bits per heavy atom. The van der Waals surface area contributed by atoms with Crippen molar-refractivity contribution in [3.63, 3.8) is 0 Å². The van der Waals surface area contributed by atoms with Gasteiger partial charge in [0.2, 0.25) is 5.91 Å². The Labute approximate surface area is 298 Å². The third-order valence-electron chi connectivity index (χ3n) is 9.01. The predicted molar refractivity (Wildman–Crippen MR) is 211 cm³/mol. The standard InChI is InChI=1S/C44H79NO3/c1-3-5-7-9-11-13-15-17-19-20-21-22-23-24-26-27-29-31-33-35-37-39-43(47)42(41-46)45-44(48)40-38-36-34-32-30-28-25-18-16-14-12-10-8-6-4-2/h6,8,12,14,18,25,30,32,37,39,42-43,46-47H,3-5,7,9-11,13,15-17,19-24,26-29,31,33-36,38,40-41H2,1-2H3,(H,45,48)/b8-6-,14-12-,25-18-,32-30-,39-37+. The van der Waals surface area contributed by atoms with Crippen LogP contribution in [-0.4, -0.2) is 34.9 Å². The fraction of sp³-hybridized carbons (Fsp3) is 0.750. The van der Waals surface area contributed by atoms with Crippen molar-refractivity contribution in [3.8, 4) is 0 Å². The van der Waals surface area contributed by atoms with E-state index >= 15 is 0 Å². The van der Waals surface area contributed by atoms with Crippen molar-refractivity contribution in [1.82, 2.24) is 5.32 Å². The molecule has 0 aromatic rings. The highest BCUT2D eigenvalue weighted by Gasteiger charge is 2.17. The molecule has 0 bridgehead atoms. The largest absolute Gasteiger partial charge is 0.394 e. The second kappa shape index (κ2) is 39.5. The fourth-order valence-electron chi connectivity index (χ4n) is 5.87. The van der Waals surface area contributed by atoms with E-state index in [4.69, 9.17) is 0 Å². The maximum atomic E-state index is 12.3. The lowest BCUT2D eigenvalue weighted by atomic mass is 10.0. The van der Waals surface area contributed by atoms with Gasteiger partial charge in [-0.25, -0.2) is 0 Å². The monoisotopic (exact) mass is 670 g/mol. The van der Waals surface area contributed by atoms with E-state index in [1.54, 1.807) is 6.08 Å². The van der Waals surface area contributed by atoms with Gasteiger partial charge in [-0.15, -0.1) is 0 Å². The molecule has 0 aliphatic heterocycles. The number of hydrogen-bond acceptors (Lipinski definition) is 3. The zero-order valence-electron chi connectivity index (χ0n) is 31.7. The summed E-state index contributed by atoms with van der Waals surface area (Å²) in [7, 11) is 0. The molecule has 4 nitrogen and oxygen atoms in total. The normalized spacial score (nSPS) is 13.7. The van der Waals surface area contributed by atoms with Gasteiger partial charge in [0.25, 0.3) is 0 Å². The maximum absolute atomic E-state index is 12.3. The topological polar surface area (TPSA) is 69.6 Å². The summed E-state index contributed by atoms with van der Waals surface area (Å²) < 4.78 is 0. The Hall–Kier alpha value is -1.91. The van der Waals surface area contributed by atoms with Crippen LogP contribution in [0.2, 0.25) is 0 Å². The summed E-state index contributed by atoms with van der Waals surface area (Å²) in [5.74, 6) is -0.106. The van der Waals surface area contributed by atoms with Gasteiger partial charge in [-0.2, -0.15) is 0 Å². The first kappa shape index (κ1) is 46.1. The number of amides is 1. The molecule has 1 amide bonds. The molecular weight excluding hydrogens is 590 g/mol. The number of unbranched alkanes of at least 4 members (excludes halogenated alkanes) is 21. The van der Waals surface area contributed by atoms with Crippen molar-refractivity contribution >= 4 is 5.91 Å². The van der Waals surface area contributed by atoms with Crippen molar-refractivity contribution in [2.24, 2.45) is 0 Å². The van der Waals surface area contributed by atoms with Crippen molar-refractivity contribution in [3.05, 3.63) is 60.8 Å². The van der Waals surface area contributed by atoms with Crippen LogP contribution in [0.15, 0.2) is 60.8 Å². The molecule has 0 rings (SSSR count). The number of hydrogen-bond donors (Lipinski definition) is 3. The van der Waals surface area contributed by atoms with E-state index in [2.05, 4.69) is 67.8 Å². The van der Waals surface area contributed by atoms with E-state index in [1.807, 2.05) is 6.08 Å². The number of rotatable bonds is 36. The van der Waals surface area contributed by atoms with Crippen LogP contribution in [-0.2, 0) is 4.79 Å². The maximum Gasteiger partial charge on any atom is 0.220 e. The number of nitrogens with one attached hydrogen (secondary N) is 1. The molecule has 0 aliphatic carbocycles. The van der Waals surface area contributed by atoms with Gasteiger partial charge in [0.1, 0.15) is 0 Å². The van der Waals surface area contributed by atoms with Gasteiger partial charge in [-0.1, -0.05) is 190 Å². The van der Waals surface area contributed by atoms with Gasteiger partial charge in [0.05, 0.1) is 18.8 Å². The summed E-state index contributed by atoms with van der Waals surface area (Å²) in [5.41, 5.74) is 0. The van der Waals surface area contributed by atoms with E-state index in [0.717, 1.165) is 57.8 Å². The van der Waals surface area contributed by atoms with Crippen LogP contribution >= 0.6 is 0 Å². The molecule has 2 atom stereocenters. The van der Waals surface area contributed by atoms with E-state index in [-0.39, 0.29) is 12.5 Å². The lowest BCUT2D eigenvalue weighted by Gasteiger charge is -2.19. The van der Waals surface area contributed by atoms with E-state index in [1.165, 1.54) is 116 Å². The van der Waals surface area contributed by atoms with Crippen molar-refractivity contribution in [1.29, 1.82) is 0 Å². The van der Waals surface area contributed by atoms with Crippen LogP contribution in [0, 0.1) is 0 Å². The summed E-state index contributed by atoms with van der Waals surface area (Å²) in [6.07, 6.45) is 54.7. The lowest BCUT2D eigenvalue weighted by Crippen LogP contribution is -2.45. The molecule has 0 saturated carbocycles. The second-order valence-corrected chi connectivity index (χ2v) is 13.7. The minimum Gasteiger partial charge on any atom is -0.394 e. The molecule has 3 N–H and O–H groups in total. The van der Waals surface area contributed by atoms with Crippen LogP contribution < -0.4 is 5.32 Å². The van der Waals surface area contributed by atoms with Crippen molar-refractivity contribution < 1.29 is 15.0 Å². The number of carbonyl (C=O) groups excluding carboxylic acids is 1. The molecule has 0 fully saturated rings. The van der Waals surface area contributed by atoms with E-state index in [9.17, 15) is 15.0 Å². The first-order chi connectivity index (χ1) is 23.7. The Morgan fingerprint density at radius 1 is 0.521 bits per heavy atom. The third-order valence-corrected chi connectivity index (χ3v) is 9.01. The van der Waals surface area contributed by atoms with E-state index < -0.39 is 12.1 Å².